The second kappa shape index (κ2) is 4.35. The zero-order chi connectivity index (χ0) is 12.5. The molecule has 6 nitrogen and oxygen atoms in total. The van der Waals surface area contributed by atoms with E-state index in [9.17, 15) is 23.7 Å². The highest BCUT2D eigenvalue weighted by Gasteiger charge is 2.27. The number of hydrogen-bond acceptors (Lipinski definition) is 5. The Hall–Kier alpha value is -1.83. The maximum Gasteiger partial charge on any atom is 0.301 e. The smallest absolute Gasteiger partial charge is 0.301 e. The van der Waals surface area contributed by atoms with Gasteiger partial charge in [-0.05, 0) is 11.6 Å². The first kappa shape index (κ1) is 12.2. The average molecular weight is 252 g/mol. The van der Waals surface area contributed by atoms with Crippen LogP contribution in [-0.4, -0.2) is 15.1 Å². The van der Waals surface area contributed by atoms with E-state index in [4.69, 9.17) is 17.3 Å². The molecule has 16 heavy (non-hydrogen) atoms. The molecule has 0 radical (unpaired) electrons. The van der Waals surface area contributed by atoms with Crippen molar-refractivity contribution in [3.63, 3.8) is 0 Å². The van der Waals surface area contributed by atoms with E-state index >= 15 is 0 Å². The quantitative estimate of drug-likeness (QED) is 0.502. The summed E-state index contributed by atoms with van der Waals surface area (Å²) in [4.78, 5) is 23.5. The van der Waals surface area contributed by atoms with Crippen LogP contribution in [0.25, 0.3) is 0 Å². The van der Waals surface area contributed by atoms with Crippen LogP contribution in [0, 0.1) is 10.1 Å². The standard InChI is InChI=1S/C7H4ClF2N3O3/c8-6(14)3-2(13(15)16)1-12-5(4(3)11)7(9)10/h1,7H,11H2. The fraction of sp³-hybridized carbons (Fsp3) is 0.143. The third kappa shape index (κ3) is 2.06. The molecule has 0 saturated carbocycles. The van der Waals surface area contributed by atoms with Crippen LogP contribution in [0.2, 0.25) is 0 Å². The van der Waals surface area contributed by atoms with Gasteiger partial charge in [-0.1, -0.05) is 0 Å². The molecule has 1 rings (SSSR count). The highest BCUT2D eigenvalue weighted by atomic mass is 35.5. The number of hydrogen-bond donors (Lipinski definition) is 1. The van der Waals surface area contributed by atoms with Gasteiger partial charge in [0.2, 0.25) is 0 Å². The Morgan fingerprint density at radius 2 is 2.19 bits per heavy atom. The van der Waals surface area contributed by atoms with Crippen LogP contribution in [0.5, 0.6) is 0 Å². The van der Waals surface area contributed by atoms with E-state index in [-0.39, 0.29) is 0 Å². The van der Waals surface area contributed by atoms with Gasteiger partial charge < -0.3 is 5.73 Å². The summed E-state index contributed by atoms with van der Waals surface area (Å²) in [6.45, 7) is 0. The van der Waals surface area contributed by atoms with Gasteiger partial charge in [0.25, 0.3) is 11.7 Å². The van der Waals surface area contributed by atoms with E-state index in [1.165, 1.54) is 0 Å². The number of aromatic nitrogens is 1. The van der Waals surface area contributed by atoms with E-state index < -0.39 is 39.2 Å². The summed E-state index contributed by atoms with van der Waals surface area (Å²) < 4.78 is 24.7. The molecule has 9 heteroatoms. The van der Waals surface area contributed by atoms with Crippen molar-refractivity contribution in [2.75, 3.05) is 5.73 Å². The third-order valence-electron chi connectivity index (χ3n) is 1.73. The summed E-state index contributed by atoms with van der Waals surface area (Å²) in [7, 11) is 0. The molecule has 0 amide bonds. The molecule has 0 aliphatic carbocycles. The number of pyridine rings is 1. The molecule has 1 aromatic rings. The first-order valence-corrected chi connectivity index (χ1v) is 4.14. The van der Waals surface area contributed by atoms with Gasteiger partial charge in [-0.3, -0.25) is 14.9 Å². The summed E-state index contributed by atoms with van der Waals surface area (Å²) in [5.41, 5.74) is 1.92. The number of rotatable bonds is 3. The Morgan fingerprint density at radius 3 is 2.56 bits per heavy atom. The van der Waals surface area contributed by atoms with Gasteiger partial charge in [-0.15, -0.1) is 0 Å². The number of halogens is 3. The van der Waals surface area contributed by atoms with Gasteiger partial charge in [-0.2, -0.15) is 0 Å². The second-order valence-electron chi connectivity index (χ2n) is 2.65. The van der Waals surface area contributed by atoms with Crippen molar-refractivity contribution in [1.29, 1.82) is 0 Å². The van der Waals surface area contributed by atoms with Crippen LogP contribution in [-0.2, 0) is 0 Å². The Balaban J connectivity index is 3.54. The van der Waals surface area contributed by atoms with E-state index in [0.717, 1.165) is 0 Å². The predicted molar refractivity (Wildman–Crippen MR) is 50.4 cm³/mol. The molecule has 0 saturated heterocycles. The summed E-state index contributed by atoms with van der Waals surface area (Å²) in [6.07, 6.45) is -2.52. The van der Waals surface area contributed by atoms with Crippen molar-refractivity contribution in [3.8, 4) is 0 Å². The maximum atomic E-state index is 12.3. The SMILES string of the molecule is Nc1c(C(F)F)ncc([N+](=O)[O-])c1C(=O)Cl. The lowest BCUT2D eigenvalue weighted by atomic mass is 10.1. The van der Waals surface area contributed by atoms with Gasteiger partial charge in [0.15, 0.2) is 0 Å². The van der Waals surface area contributed by atoms with Gasteiger partial charge in [-0.25, -0.2) is 13.8 Å². The van der Waals surface area contributed by atoms with Crippen molar-refractivity contribution in [2.24, 2.45) is 0 Å². The number of alkyl halides is 2. The van der Waals surface area contributed by atoms with Gasteiger partial charge in [0.1, 0.15) is 17.5 Å². The second-order valence-corrected chi connectivity index (χ2v) is 2.99. The molecule has 0 aliphatic heterocycles. The molecule has 0 atom stereocenters. The zero-order valence-electron chi connectivity index (χ0n) is 7.49. The Bertz CT molecular complexity index is 466. The van der Waals surface area contributed by atoms with Gasteiger partial charge >= 0.3 is 5.69 Å². The fourth-order valence-electron chi connectivity index (χ4n) is 1.05. The van der Waals surface area contributed by atoms with E-state index in [1.807, 2.05) is 0 Å². The minimum Gasteiger partial charge on any atom is -0.396 e. The van der Waals surface area contributed by atoms with Gasteiger partial charge in [0.05, 0.1) is 10.6 Å². The monoisotopic (exact) mass is 251 g/mol. The minimum absolute atomic E-state index is 0.521. The lowest BCUT2D eigenvalue weighted by molar-refractivity contribution is -0.385. The molecule has 0 fully saturated rings. The van der Waals surface area contributed by atoms with Gasteiger partial charge in [0, 0.05) is 0 Å². The molecule has 0 bridgehead atoms. The van der Waals surface area contributed by atoms with Crippen LogP contribution in [0.4, 0.5) is 20.2 Å². The molecule has 0 aliphatic rings. The first-order chi connectivity index (χ1) is 7.36. The maximum absolute atomic E-state index is 12.3. The summed E-state index contributed by atoms with van der Waals surface area (Å²) in [5.74, 6) is 0. The topological polar surface area (TPSA) is 99.1 Å². The van der Waals surface area contributed by atoms with E-state index in [1.54, 1.807) is 0 Å². The minimum atomic E-state index is -3.05. The Morgan fingerprint density at radius 1 is 1.62 bits per heavy atom. The Kier molecular flexibility index (Phi) is 3.33. The lowest BCUT2D eigenvalue weighted by Crippen LogP contribution is -2.09. The molecule has 0 aromatic carbocycles. The molecule has 0 unspecified atom stereocenters. The molecular weight excluding hydrogens is 248 g/mol. The third-order valence-corrected chi connectivity index (χ3v) is 1.92. The lowest BCUT2D eigenvalue weighted by Gasteiger charge is -2.06. The summed E-state index contributed by atoms with van der Waals surface area (Å²) in [5, 5.41) is 9.19. The highest BCUT2D eigenvalue weighted by molar-refractivity contribution is 6.68. The van der Waals surface area contributed by atoms with E-state index in [0.29, 0.717) is 6.20 Å². The van der Waals surface area contributed by atoms with Crippen molar-refractivity contribution < 1.29 is 18.5 Å². The van der Waals surface area contributed by atoms with Crippen molar-refractivity contribution in [2.45, 2.75) is 6.43 Å². The van der Waals surface area contributed by atoms with Crippen LogP contribution in [0.3, 0.4) is 0 Å². The average Bonchev–Trinajstić information content (AvgIpc) is 2.15. The Labute approximate surface area is 92.2 Å². The number of nitrogens with two attached hydrogens (primary N) is 1. The number of nitro groups is 1. The highest BCUT2D eigenvalue weighted by Crippen LogP contribution is 2.32. The zero-order valence-corrected chi connectivity index (χ0v) is 8.24. The fourth-order valence-corrected chi connectivity index (χ4v) is 1.25. The largest absolute Gasteiger partial charge is 0.396 e. The molecule has 0 spiro atoms. The predicted octanol–water partition coefficient (Wildman–Crippen LogP) is 1.89. The number of carbonyl (C=O) groups is 1. The number of anilines is 1. The van der Waals surface area contributed by atoms with Crippen LogP contribution in [0.15, 0.2) is 6.20 Å². The van der Waals surface area contributed by atoms with E-state index in [2.05, 4.69) is 4.98 Å². The van der Waals surface area contributed by atoms with Crippen LogP contribution >= 0.6 is 11.6 Å². The molecule has 86 valence electrons. The molecular formula is C7H4ClF2N3O3. The van der Waals surface area contributed by atoms with Crippen molar-refractivity contribution >= 4 is 28.2 Å². The normalized spacial score (nSPS) is 10.5. The van der Waals surface area contributed by atoms with Crippen LogP contribution < -0.4 is 5.73 Å². The summed E-state index contributed by atoms with van der Waals surface area (Å²) >= 11 is 5.04. The number of carbonyl (C=O) groups excluding carboxylic acids is 1. The molecule has 1 aromatic heterocycles. The molecule has 1 heterocycles. The number of nitrogen functional groups attached to an aromatic ring is 1. The van der Waals surface area contributed by atoms with Crippen molar-refractivity contribution in [1.82, 2.24) is 4.98 Å². The van der Waals surface area contributed by atoms with Crippen molar-refractivity contribution in [3.05, 3.63) is 27.6 Å². The summed E-state index contributed by atoms with van der Waals surface area (Å²) in [6, 6.07) is 0. The van der Waals surface area contributed by atoms with Crippen LogP contribution in [0.1, 0.15) is 22.5 Å². The first-order valence-electron chi connectivity index (χ1n) is 3.77. The number of nitrogens with zero attached hydrogens (tertiary/aromatic N) is 2. The molecule has 2 N–H and O–H groups in total.